The molecule has 8 heteroatoms. The second kappa shape index (κ2) is 6.95. The van der Waals surface area contributed by atoms with E-state index in [9.17, 15) is 13.2 Å². The van der Waals surface area contributed by atoms with Crippen molar-refractivity contribution >= 4 is 37.8 Å². The Morgan fingerprint density at radius 1 is 1.52 bits per heavy atom. The van der Waals surface area contributed by atoms with E-state index in [1.807, 2.05) is 11.8 Å². The van der Waals surface area contributed by atoms with Gasteiger partial charge in [0.25, 0.3) is 5.91 Å². The molecule has 1 heterocycles. The lowest BCUT2D eigenvalue weighted by atomic mass is 10.3. The summed E-state index contributed by atoms with van der Waals surface area (Å²) in [4.78, 5) is 14.1. The summed E-state index contributed by atoms with van der Waals surface area (Å²) in [6, 6.07) is 0. The summed E-state index contributed by atoms with van der Waals surface area (Å²) in [6.45, 7) is 6.48. The fraction of sp³-hybridized carbons (Fsp3) is 0.462. The number of nitrogens with two attached hydrogens (primary N) is 1. The van der Waals surface area contributed by atoms with Crippen molar-refractivity contribution in [2.75, 3.05) is 37.0 Å². The van der Waals surface area contributed by atoms with E-state index in [-0.39, 0.29) is 15.5 Å². The van der Waals surface area contributed by atoms with Gasteiger partial charge in [0.05, 0.1) is 5.69 Å². The molecule has 0 aliphatic heterocycles. The largest absolute Gasteiger partial charge is 0.396 e. The van der Waals surface area contributed by atoms with Crippen molar-refractivity contribution < 1.29 is 13.2 Å². The first-order valence-corrected chi connectivity index (χ1v) is 9.17. The number of hydrogen-bond donors (Lipinski definition) is 2. The van der Waals surface area contributed by atoms with Crippen LogP contribution in [0.3, 0.4) is 0 Å². The summed E-state index contributed by atoms with van der Waals surface area (Å²) in [5.41, 5.74) is 5.93. The highest BCUT2D eigenvalue weighted by atomic mass is 32.2. The maximum Gasteiger partial charge on any atom is 0.263 e. The zero-order valence-electron chi connectivity index (χ0n) is 12.5. The number of sulfone groups is 1. The predicted molar refractivity (Wildman–Crippen MR) is 87.9 cm³/mol. The Labute approximate surface area is 129 Å². The lowest BCUT2D eigenvalue weighted by molar-refractivity contribution is 0.0963. The van der Waals surface area contributed by atoms with Crippen LogP contribution in [0.15, 0.2) is 17.6 Å². The van der Waals surface area contributed by atoms with Gasteiger partial charge in [0.2, 0.25) is 0 Å². The number of nitrogen functional groups attached to an aromatic ring is 1. The fourth-order valence-corrected chi connectivity index (χ4v) is 4.51. The van der Waals surface area contributed by atoms with E-state index in [1.165, 1.54) is 0 Å². The molecule has 1 amide bonds. The van der Waals surface area contributed by atoms with Gasteiger partial charge in [-0.1, -0.05) is 13.0 Å². The van der Waals surface area contributed by atoms with Crippen LogP contribution in [0.5, 0.6) is 0 Å². The molecule has 0 saturated heterocycles. The molecule has 0 aliphatic rings. The van der Waals surface area contributed by atoms with Crippen LogP contribution in [-0.2, 0) is 9.84 Å². The molecule has 1 rings (SSSR count). The van der Waals surface area contributed by atoms with Gasteiger partial charge in [-0.25, -0.2) is 8.42 Å². The van der Waals surface area contributed by atoms with Gasteiger partial charge in [-0.2, -0.15) is 0 Å². The zero-order chi connectivity index (χ0) is 16.2. The van der Waals surface area contributed by atoms with E-state index in [4.69, 9.17) is 5.73 Å². The Morgan fingerprint density at radius 3 is 2.62 bits per heavy atom. The normalized spacial score (nSPS) is 11.2. The minimum Gasteiger partial charge on any atom is -0.396 e. The van der Waals surface area contributed by atoms with Gasteiger partial charge < -0.3 is 16.0 Å². The van der Waals surface area contributed by atoms with Gasteiger partial charge in [-0.05, 0) is 6.42 Å². The number of anilines is 2. The van der Waals surface area contributed by atoms with E-state index in [2.05, 4.69) is 11.9 Å². The molecule has 0 aromatic carbocycles. The molecule has 0 aliphatic carbocycles. The van der Waals surface area contributed by atoms with Crippen molar-refractivity contribution in [3.63, 3.8) is 0 Å². The first-order chi connectivity index (χ1) is 9.73. The molecule has 0 saturated carbocycles. The Kier molecular flexibility index (Phi) is 5.79. The van der Waals surface area contributed by atoms with Crippen molar-refractivity contribution in [1.82, 2.24) is 5.32 Å². The maximum absolute atomic E-state index is 12.1. The Balaban J connectivity index is 3.37. The molecule has 0 atom stereocenters. The molecular formula is C13H21N3O3S2. The van der Waals surface area contributed by atoms with Gasteiger partial charge in [-0.3, -0.25) is 4.79 Å². The fourth-order valence-electron chi connectivity index (χ4n) is 1.88. The van der Waals surface area contributed by atoms with Gasteiger partial charge in [0, 0.05) is 26.4 Å². The van der Waals surface area contributed by atoms with Crippen molar-refractivity contribution in [2.24, 2.45) is 0 Å². The van der Waals surface area contributed by atoms with Gasteiger partial charge in [0.15, 0.2) is 9.84 Å². The number of thiophene rings is 1. The maximum atomic E-state index is 12.1. The summed E-state index contributed by atoms with van der Waals surface area (Å²) in [6.07, 6.45) is 3.50. The van der Waals surface area contributed by atoms with E-state index in [0.717, 1.165) is 24.0 Å². The first kappa shape index (κ1) is 17.5. The molecule has 0 radical (unpaired) electrons. The minimum atomic E-state index is -3.52. The van der Waals surface area contributed by atoms with Crippen LogP contribution >= 0.6 is 11.3 Å². The number of carbonyl (C=O) groups excluding carboxylic acids is 1. The summed E-state index contributed by atoms with van der Waals surface area (Å²) < 4.78 is 24.0. The van der Waals surface area contributed by atoms with E-state index in [0.29, 0.717) is 18.1 Å². The van der Waals surface area contributed by atoms with Gasteiger partial charge in [-0.15, -0.1) is 17.9 Å². The lowest BCUT2D eigenvalue weighted by Gasteiger charge is -2.17. The van der Waals surface area contributed by atoms with Gasteiger partial charge >= 0.3 is 0 Å². The average molecular weight is 331 g/mol. The molecule has 0 unspecified atom stereocenters. The highest BCUT2D eigenvalue weighted by Gasteiger charge is 2.28. The molecule has 1 aromatic heterocycles. The molecule has 118 valence electrons. The van der Waals surface area contributed by atoms with E-state index >= 15 is 0 Å². The van der Waals surface area contributed by atoms with Crippen LogP contribution in [0.4, 0.5) is 10.7 Å². The highest BCUT2D eigenvalue weighted by molar-refractivity contribution is 7.91. The van der Waals surface area contributed by atoms with E-state index < -0.39 is 15.7 Å². The van der Waals surface area contributed by atoms with Gasteiger partial charge in [0.1, 0.15) is 14.8 Å². The second-order valence-electron chi connectivity index (χ2n) is 4.67. The SMILES string of the molecule is C=CCNC(=O)c1sc(N(C)CCC)c(S(C)(=O)=O)c1N. The van der Waals surface area contributed by atoms with Crippen molar-refractivity contribution in [3.05, 3.63) is 17.5 Å². The zero-order valence-corrected chi connectivity index (χ0v) is 14.1. The molecule has 6 nitrogen and oxygen atoms in total. The topological polar surface area (TPSA) is 92.5 Å². The van der Waals surface area contributed by atoms with Crippen LogP contribution < -0.4 is 16.0 Å². The summed E-state index contributed by atoms with van der Waals surface area (Å²) in [5, 5.41) is 3.11. The number of amides is 1. The number of hydrogen-bond acceptors (Lipinski definition) is 6. The molecule has 0 spiro atoms. The van der Waals surface area contributed by atoms with Crippen LogP contribution in [0.2, 0.25) is 0 Å². The third-order valence-electron chi connectivity index (χ3n) is 2.77. The summed E-state index contributed by atoms with van der Waals surface area (Å²) in [5.74, 6) is -0.390. The number of carbonyl (C=O) groups is 1. The second-order valence-corrected chi connectivity index (χ2v) is 7.62. The van der Waals surface area contributed by atoms with Crippen molar-refractivity contribution in [1.29, 1.82) is 0 Å². The lowest BCUT2D eigenvalue weighted by Crippen LogP contribution is -2.23. The first-order valence-electron chi connectivity index (χ1n) is 6.46. The minimum absolute atomic E-state index is 0.0158. The number of rotatable bonds is 7. The smallest absolute Gasteiger partial charge is 0.263 e. The van der Waals surface area contributed by atoms with E-state index in [1.54, 1.807) is 13.1 Å². The summed E-state index contributed by atoms with van der Waals surface area (Å²) >= 11 is 1.10. The monoisotopic (exact) mass is 331 g/mol. The standard InChI is InChI=1S/C13H21N3O3S2/c1-5-7-15-12(17)10-9(14)11(21(4,18)19)13(20-10)16(3)8-6-2/h5H,1,6-8,14H2,2-4H3,(H,15,17). The van der Waals surface area contributed by atoms with Crippen LogP contribution in [0, 0.1) is 0 Å². The Bertz CT molecular complexity index is 635. The summed E-state index contributed by atoms with van der Waals surface area (Å²) in [7, 11) is -1.73. The average Bonchev–Trinajstić information content (AvgIpc) is 2.74. The number of nitrogens with zero attached hydrogens (tertiary/aromatic N) is 1. The molecule has 21 heavy (non-hydrogen) atoms. The molecule has 0 fully saturated rings. The third kappa shape index (κ3) is 3.98. The highest BCUT2D eigenvalue weighted by Crippen LogP contribution is 2.41. The number of nitrogens with one attached hydrogen (secondary N) is 1. The molecule has 0 bridgehead atoms. The Morgan fingerprint density at radius 2 is 2.14 bits per heavy atom. The molecule has 1 aromatic rings. The van der Waals surface area contributed by atoms with Crippen LogP contribution in [0.25, 0.3) is 0 Å². The Hall–Kier alpha value is -1.54. The van der Waals surface area contributed by atoms with Crippen molar-refractivity contribution in [2.45, 2.75) is 18.2 Å². The third-order valence-corrected chi connectivity index (χ3v) is 5.37. The molecular weight excluding hydrogens is 310 g/mol. The van der Waals surface area contributed by atoms with Crippen LogP contribution in [0.1, 0.15) is 23.0 Å². The quantitative estimate of drug-likeness (QED) is 0.739. The van der Waals surface area contributed by atoms with Crippen molar-refractivity contribution in [3.8, 4) is 0 Å². The molecule has 3 N–H and O–H groups in total. The van der Waals surface area contributed by atoms with Crippen LogP contribution in [-0.4, -0.2) is 40.7 Å². The predicted octanol–water partition coefficient (Wildman–Crippen LogP) is 1.50.